The maximum atomic E-state index is 12.5. The molecule has 0 aliphatic carbocycles. The second kappa shape index (κ2) is 7.19. The molecular weight excluding hydrogens is 407 g/mol. The van der Waals surface area contributed by atoms with Crippen LogP contribution in [0.3, 0.4) is 0 Å². The molecule has 2 aromatic heterocycles. The molecule has 134 valence electrons. The standard InChI is InChI=1S/C19H11Cl3N4O/c20-12-2-1-3-13(21)17(12)18-25-14-6-4-10(8-15(14)26-18)19(27)24-11-5-7-16(22)23-9-11/h1-9H,(H,24,27)(H,25,26). The van der Waals surface area contributed by atoms with E-state index in [2.05, 4.69) is 20.3 Å². The Morgan fingerprint density at radius 2 is 1.78 bits per heavy atom. The number of carbonyl (C=O) groups is 1. The highest BCUT2D eigenvalue weighted by atomic mass is 35.5. The lowest BCUT2D eigenvalue weighted by Gasteiger charge is -2.04. The third kappa shape index (κ3) is 3.62. The summed E-state index contributed by atoms with van der Waals surface area (Å²) in [5.41, 5.74) is 3.04. The topological polar surface area (TPSA) is 70.7 Å². The van der Waals surface area contributed by atoms with E-state index in [1.165, 1.54) is 6.20 Å². The fraction of sp³-hybridized carbons (Fsp3) is 0. The molecule has 0 saturated heterocycles. The first kappa shape index (κ1) is 17.8. The number of pyridine rings is 1. The molecule has 27 heavy (non-hydrogen) atoms. The van der Waals surface area contributed by atoms with Crippen molar-refractivity contribution in [3.8, 4) is 11.4 Å². The van der Waals surface area contributed by atoms with Crippen molar-refractivity contribution < 1.29 is 4.79 Å². The molecular formula is C19H11Cl3N4O. The zero-order valence-corrected chi connectivity index (χ0v) is 15.9. The van der Waals surface area contributed by atoms with E-state index in [0.717, 1.165) is 0 Å². The van der Waals surface area contributed by atoms with Crippen LogP contribution in [0.1, 0.15) is 10.4 Å². The molecule has 0 radical (unpaired) electrons. The monoisotopic (exact) mass is 416 g/mol. The Bertz CT molecular complexity index is 1140. The molecule has 2 N–H and O–H groups in total. The number of aromatic amines is 1. The van der Waals surface area contributed by atoms with Gasteiger partial charge < -0.3 is 10.3 Å². The third-order valence-corrected chi connectivity index (χ3v) is 4.78. The molecule has 0 saturated carbocycles. The van der Waals surface area contributed by atoms with Gasteiger partial charge >= 0.3 is 0 Å². The largest absolute Gasteiger partial charge is 0.338 e. The van der Waals surface area contributed by atoms with Crippen molar-refractivity contribution in [1.82, 2.24) is 15.0 Å². The van der Waals surface area contributed by atoms with Crippen LogP contribution in [0.15, 0.2) is 54.7 Å². The average Bonchev–Trinajstić information content (AvgIpc) is 3.06. The molecule has 4 rings (SSSR count). The number of amides is 1. The van der Waals surface area contributed by atoms with Crippen molar-refractivity contribution in [3.63, 3.8) is 0 Å². The van der Waals surface area contributed by atoms with Gasteiger partial charge in [-0.3, -0.25) is 4.79 Å². The van der Waals surface area contributed by atoms with E-state index < -0.39 is 0 Å². The molecule has 8 heteroatoms. The van der Waals surface area contributed by atoms with E-state index in [0.29, 0.717) is 48.9 Å². The SMILES string of the molecule is O=C(Nc1ccc(Cl)nc1)c1ccc2nc(-c3c(Cl)cccc3Cl)[nH]c2c1. The van der Waals surface area contributed by atoms with E-state index in [-0.39, 0.29) is 5.91 Å². The number of hydrogen-bond acceptors (Lipinski definition) is 3. The van der Waals surface area contributed by atoms with E-state index in [9.17, 15) is 4.79 Å². The minimum Gasteiger partial charge on any atom is -0.338 e. The molecule has 0 unspecified atom stereocenters. The second-order valence-corrected chi connectivity index (χ2v) is 6.94. The molecule has 2 aromatic carbocycles. The number of benzene rings is 2. The number of nitrogens with one attached hydrogen (secondary N) is 2. The number of H-pyrrole nitrogens is 1. The van der Waals surface area contributed by atoms with E-state index in [4.69, 9.17) is 34.8 Å². The summed E-state index contributed by atoms with van der Waals surface area (Å²) < 4.78 is 0. The van der Waals surface area contributed by atoms with Crippen molar-refractivity contribution in [2.45, 2.75) is 0 Å². The number of anilines is 1. The van der Waals surface area contributed by atoms with Crippen LogP contribution in [0.25, 0.3) is 22.4 Å². The van der Waals surface area contributed by atoms with Crippen molar-refractivity contribution in [2.75, 3.05) is 5.32 Å². The number of rotatable bonds is 3. The van der Waals surface area contributed by atoms with E-state index in [1.807, 2.05) is 0 Å². The van der Waals surface area contributed by atoms with Crippen molar-refractivity contribution in [2.24, 2.45) is 0 Å². The molecule has 0 bridgehead atoms. The van der Waals surface area contributed by atoms with Crippen LogP contribution < -0.4 is 5.32 Å². The molecule has 2 heterocycles. The molecule has 0 atom stereocenters. The molecule has 0 aliphatic heterocycles. The number of carbonyl (C=O) groups excluding carboxylic acids is 1. The van der Waals surface area contributed by atoms with Gasteiger partial charge in [0.15, 0.2) is 0 Å². The Morgan fingerprint density at radius 3 is 2.48 bits per heavy atom. The highest BCUT2D eigenvalue weighted by Gasteiger charge is 2.14. The first-order valence-corrected chi connectivity index (χ1v) is 9.02. The van der Waals surface area contributed by atoms with Gasteiger partial charge in [-0.25, -0.2) is 9.97 Å². The van der Waals surface area contributed by atoms with Gasteiger partial charge in [0.25, 0.3) is 5.91 Å². The van der Waals surface area contributed by atoms with Gasteiger partial charge in [0.1, 0.15) is 11.0 Å². The summed E-state index contributed by atoms with van der Waals surface area (Å²) in [4.78, 5) is 24.1. The van der Waals surface area contributed by atoms with E-state index in [1.54, 1.807) is 48.5 Å². The van der Waals surface area contributed by atoms with Gasteiger partial charge in [0, 0.05) is 5.56 Å². The van der Waals surface area contributed by atoms with Gasteiger partial charge in [-0.2, -0.15) is 0 Å². The Morgan fingerprint density at radius 1 is 1.00 bits per heavy atom. The van der Waals surface area contributed by atoms with Gasteiger partial charge in [-0.1, -0.05) is 40.9 Å². The Kier molecular flexibility index (Phi) is 4.74. The molecule has 0 fully saturated rings. The van der Waals surface area contributed by atoms with Crippen LogP contribution in [-0.4, -0.2) is 20.9 Å². The van der Waals surface area contributed by atoms with Gasteiger partial charge in [0.05, 0.1) is 38.5 Å². The number of aromatic nitrogens is 3. The van der Waals surface area contributed by atoms with Gasteiger partial charge in [-0.15, -0.1) is 0 Å². The minimum atomic E-state index is -0.270. The first-order chi connectivity index (χ1) is 13.0. The average molecular weight is 418 g/mol. The van der Waals surface area contributed by atoms with Crippen LogP contribution in [-0.2, 0) is 0 Å². The molecule has 5 nitrogen and oxygen atoms in total. The predicted octanol–water partition coefficient (Wildman–Crippen LogP) is 5.84. The smallest absolute Gasteiger partial charge is 0.255 e. The summed E-state index contributed by atoms with van der Waals surface area (Å²) in [5.74, 6) is 0.271. The van der Waals surface area contributed by atoms with Crippen LogP contribution >= 0.6 is 34.8 Å². The highest BCUT2D eigenvalue weighted by molar-refractivity contribution is 6.39. The van der Waals surface area contributed by atoms with E-state index >= 15 is 0 Å². The van der Waals surface area contributed by atoms with Crippen molar-refractivity contribution in [3.05, 3.63) is 75.5 Å². The van der Waals surface area contributed by atoms with Crippen molar-refractivity contribution >= 4 is 57.4 Å². The minimum absolute atomic E-state index is 0.270. The fourth-order valence-electron chi connectivity index (χ4n) is 2.65. The highest BCUT2D eigenvalue weighted by Crippen LogP contribution is 2.33. The van der Waals surface area contributed by atoms with Crippen molar-refractivity contribution in [1.29, 1.82) is 0 Å². The lowest BCUT2D eigenvalue weighted by atomic mass is 10.2. The second-order valence-electron chi connectivity index (χ2n) is 5.74. The summed E-state index contributed by atoms with van der Waals surface area (Å²) in [6.45, 7) is 0. The number of hydrogen-bond donors (Lipinski definition) is 2. The normalized spacial score (nSPS) is 10.9. The number of fused-ring (bicyclic) bond motifs is 1. The summed E-state index contributed by atoms with van der Waals surface area (Å²) in [7, 11) is 0. The van der Waals surface area contributed by atoms with Gasteiger partial charge in [-0.05, 0) is 42.5 Å². The first-order valence-electron chi connectivity index (χ1n) is 7.88. The quantitative estimate of drug-likeness (QED) is 0.411. The predicted molar refractivity (Wildman–Crippen MR) is 109 cm³/mol. The summed E-state index contributed by atoms with van der Waals surface area (Å²) >= 11 is 18.3. The van der Waals surface area contributed by atoms with Crippen LogP contribution in [0, 0.1) is 0 Å². The third-order valence-electron chi connectivity index (χ3n) is 3.93. The molecule has 0 spiro atoms. The fourth-order valence-corrected chi connectivity index (χ4v) is 3.33. The number of halogens is 3. The van der Waals surface area contributed by atoms with Crippen LogP contribution in [0.4, 0.5) is 5.69 Å². The maximum absolute atomic E-state index is 12.5. The van der Waals surface area contributed by atoms with Crippen LogP contribution in [0.5, 0.6) is 0 Å². The molecule has 0 aliphatic rings. The molecule has 4 aromatic rings. The summed E-state index contributed by atoms with van der Waals surface area (Å²) in [5, 5.41) is 4.12. The number of imidazole rings is 1. The Balaban J connectivity index is 1.66. The summed E-state index contributed by atoms with van der Waals surface area (Å²) in [6, 6.07) is 13.7. The lowest BCUT2D eigenvalue weighted by molar-refractivity contribution is 0.102. The van der Waals surface area contributed by atoms with Gasteiger partial charge in [0.2, 0.25) is 0 Å². The maximum Gasteiger partial charge on any atom is 0.255 e. The lowest BCUT2D eigenvalue weighted by Crippen LogP contribution is -2.11. The Hall–Kier alpha value is -2.60. The molecule has 1 amide bonds. The Labute approximate surface area is 169 Å². The zero-order chi connectivity index (χ0) is 19.0. The summed E-state index contributed by atoms with van der Waals surface area (Å²) in [6.07, 6.45) is 1.49. The van der Waals surface area contributed by atoms with Crippen LogP contribution in [0.2, 0.25) is 15.2 Å². The zero-order valence-electron chi connectivity index (χ0n) is 13.6. The number of nitrogens with zero attached hydrogens (tertiary/aromatic N) is 2.